The third-order valence-corrected chi connectivity index (χ3v) is 1.29. The number of esters is 1. The van der Waals surface area contributed by atoms with Crippen molar-refractivity contribution in [2.24, 2.45) is 5.41 Å². The number of rotatable bonds is 2. The Morgan fingerprint density at radius 1 is 1.50 bits per heavy atom. The van der Waals surface area contributed by atoms with Gasteiger partial charge in [-0.25, -0.2) is 0 Å². The maximum absolute atomic E-state index is 11.0. The van der Waals surface area contributed by atoms with Crippen molar-refractivity contribution < 1.29 is 9.53 Å². The smallest absolute Gasteiger partial charge is 0.315 e. The lowest BCUT2D eigenvalue weighted by atomic mass is 9.93. The van der Waals surface area contributed by atoms with Crippen molar-refractivity contribution in [1.82, 2.24) is 0 Å². The lowest BCUT2D eigenvalue weighted by Gasteiger charge is -2.15. The lowest BCUT2D eigenvalue weighted by molar-refractivity contribution is -0.148. The molecule has 0 aliphatic rings. The number of hydrogen-bond donors (Lipinski definition) is 0. The lowest BCUT2D eigenvalue weighted by Crippen LogP contribution is -2.22. The van der Waals surface area contributed by atoms with Crippen LogP contribution in [0.1, 0.15) is 20.8 Å². The Morgan fingerprint density at radius 3 is 2.30 bits per heavy atom. The van der Waals surface area contributed by atoms with Gasteiger partial charge in [-0.15, -0.1) is 0 Å². The minimum absolute atomic E-state index is 0.203. The molecule has 0 rings (SSSR count). The fourth-order valence-corrected chi connectivity index (χ4v) is 0.748. The van der Waals surface area contributed by atoms with E-state index in [4.69, 9.17) is 0 Å². The SMILES string of the molecule is C/C=C/C(C)(C)C(=O)OC. The summed E-state index contributed by atoms with van der Waals surface area (Å²) in [6.45, 7) is 5.52. The Balaban J connectivity index is 4.24. The van der Waals surface area contributed by atoms with Crippen molar-refractivity contribution in [3.05, 3.63) is 12.2 Å². The van der Waals surface area contributed by atoms with E-state index in [1.165, 1.54) is 7.11 Å². The van der Waals surface area contributed by atoms with Crippen molar-refractivity contribution in [3.63, 3.8) is 0 Å². The van der Waals surface area contributed by atoms with E-state index in [-0.39, 0.29) is 5.97 Å². The fourth-order valence-electron chi connectivity index (χ4n) is 0.748. The van der Waals surface area contributed by atoms with Gasteiger partial charge in [-0.2, -0.15) is 0 Å². The molecule has 0 radical (unpaired) electrons. The Morgan fingerprint density at radius 2 is 2.00 bits per heavy atom. The molecule has 0 N–H and O–H groups in total. The topological polar surface area (TPSA) is 26.3 Å². The number of carbonyl (C=O) groups excluding carboxylic acids is 1. The minimum atomic E-state index is -0.483. The Bertz CT molecular complexity index is 145. The molecule has 2 nitrogen and oxygen atoms in total. The Labute approximate surface area is 61.9 Å². The first-order valence-corrected chi connectivity index (χ1v) is 3.27. The van der Waals surface area contributed by atoms with Crippen molar-refractivity contribution in [1.29, 1.82) is 0 Å². The van der Waals surface area contributed by atoms with Crippen molar-refractivity contribution in [3.8, 4) is 0 Å². The van der Waals surface area contributed by atoms with E-state index < -0.39 is 5.41 Å². The predicted octanol–water partition coefficient (Wildman–Crippen LogP) is 1.76. The van der Waals surface area contributed by atoms with Crippen LogP contribution >= 0.6 is 0 Å². The standard InChI is InChI=1S/C8H14O2/c1-5-6-8(2,3)7(9)10-4/h5-6H,1-4H3/b6-5+. The first kappa shape index (κ1) is 9.21. The molecule has 0 saturated heterocycles. The molecule has 0 fully saturated rings. The van der Waals surface area contributed by atoms with Crippen LogP contribution in [0.25, 0.3) is 0 Å². The Hall–Kier alpha value is -0.790. The van der Waals surface area contributed by atoms with Crippen LogP contribution in [0.5, 0.6) is 0 Å². The van der Waals surface area contributed by atoms with Crippen LogP contribution in [0, 0.1) is 5.41 Å². The number of allylic oxidation sites excluding steroid dienone is 1. The van der Waals surface area contributed by atoms with E-state index in [1.807, 2.05) is 32.9 Å². The molecule has 0 saturated carbocycles. The molecule has 0 heterocycles. The van der Waals surface area contributed by atoms with Gasteiger partial charge in [0.2, 0.25) is 0 Å². The third-order valence-electron chi connectivity index (χ3n) is 1.29. The molecule has 0 aromatic rings. The van der Waals surface area contributed by atoms with Gasteiger partial charge in [-0.05, 0) is 20.8 Å². The van der Waals surface area contributed by atoms with Crippen LogP contribution in [-0.4, -0.2) is 13.1 Å². The summed E-state index contributed by atoms with van der Waals surface area (Å²) < 4.78 is 4.58. The van der Waals surface area contributed by atoms with E-state index in [1.54, 1.807) is 0 Å². The summed E-state index contributed by atoms with van der Waals surface area (Å²) >= 11 is 0. The highest BCUT2D eigenvalue weighted by atomic mass is 16.5. The van der Waals surface area contributed by atoms with Gasteiger partial charge in [0.15, 0.2) is 0 Å². The average molecular weight is 142 g/mol. The molecule has 0 amide bonds. The maximum atomic E-state index is 11.0. The fraction of sp³-hybridized carbons (Fsp3) is 0.625. The van der Waals surface area contributed by atoms with Gasteiger partial charge in [-0.3, -0.25) is 4.79 Å². The van der Waals surface area contributed by atoms with E-state index in [2.05, 4.69) is 4.74 Å². The van der Waals surface area contributed by atoms with Crippen LogP contribution in [0.3, 0.4) is 0 Å². The molecule has 2 heteroatoms. The molecular formula is C8H14O2. The second-order valence-electron chi connectivity index (χ2n) is 2.71. The summed E-state index contributed by atoms with van der Waals surface area (Å²) in [5.74, 6) is -0.203. The van der Waals surface area contributed by atoms with E-state index in [0.29, 0.717) is 0 Å². The van der Waals surface area contributed by atoms with Crippen LogP contribution in [-0.2, 0) is 9.53 Å². The first-order valence-electron chi connectivity index (χ1n) is 3.27. The van der Waals surface area contributed by atoms with Crippen molar-refractivity contribution >= 4 is 5.97 Å². The molecule has 0 aromatic heterocycles. The summed E-state index contributed by atoms with van der Waals surface area (Å²) in [6, 6.07) is 0. The summed E-state index contributed by atoms with van der Waals surface area (Å²) in [6.07, 6.45) is 3.66. The first-order chi connectivity index (χ1) is 4.54. The summed E-state index contributed by atoms with van der Waals surface area (Å²) in [7, 11) is 1.40. The van der Waals surface area contributed by atoms with Crippen LogP contribution in [0.4, 0.5) is 0 Å². The zero-order valence-corrected chi connectivity index (χ0v) is 6.97. The minimum Gasteiger partial charge on any atom is -0.468 e. The highest BCUT2D eigenvalue weighted by Crippen LogP contribution is 2.18. The molecule has 0 unspecified atom stereocenters. The van der Waals surface area contributed by atoms with Gasteiger partial charge >= 0.3 is 5.97 Å². The molecule has 0 bridgehead atoms. The number of methoxy groups -OCH3 is 1. The van der Waals surface area contributed by atoms with Crippen molar-refractivity contribution in [2.45, 2.75) is 20.8 Å². The maximum Gasteiger partial charge on any atom is 0.315 e. The monoisotopic (exact) mass is 142 g/mol. The molecule has 0 aliphatic heterocycles. The van der Waals surface area contributed by atoms with Gasteiger partial charge in [-0.1, -0.05) is 12.2 Å². The van der Waals surface area contributed by atoms with E-state index in [9.17, 15) is 4.79 Å². The highest BCUT2D eigenvalue weighted by molar-refractivity contribution is 5.77. The molecule has 0 spiro atoms. The zero-order chi connectivity index (χ0) is 8.20. The molecule has 0 aliphatic carbocycles. The predicted molar refractivity (Wildman–Crippen MR) is 40.6 cm³/mol. The molecule has 58 valence electrons. The largest absolute Gasteiger partial charge is 0.468 e. The second-order valence-corrected chi connectivity index (χ2v) is 2.71. The quantitative estimate of drug-likeness (QED) is 0.434. The average Bonchev–Trinajstić information content (AvgIpc) is 1.86. The summed E-state index contributed by atoms with van der Waals surface area (Å²) in [5, 5.41) is 0. The summed E-state index contributed by atoms with van der Waals surface area (Å²) in [4.78, 5) is 11.0. The number of hydrogen-bond acceptors (Lipinski definition) is 2. The van der Waals surface area contributed by atoms with Crippen molar-refractivity contribution in [2.75, 3.05) is 7.11 Å². The third kappa shape index (κ3) is 2.21. The van der Waals surface area contributed by atoms with Crippen LogP contribution in [0.2, 0.25) is 0 Å². The second kappa shape index (κ2) is 3.40. The van der Waals surface area contributed by atoms with Gasteiger partial charge in [0.25, 0.3) is 0 Å². The number of ether oxygens (including phenoxy) is 1. The zero-order valence-electron chi connectivity index (χ0n) is 6.97. The molecule has 0 aromatic carbocycles. The molecule has 0 atom stereocenters. The summed E-state index contributed by atoms with van der Waals surface area (Å²) in [5.41, 5.74) is -0.483. The van der Waals surface area contributed by atoms with Crippen LogP contribution < -0.4 is 0 Å². The van der Waals surface area contributed by atoms with Gasteiger partial charge in [0, 0.05) is 0 Å². The normalized spacial score (nSPS) is 12.0. The van der Waals surface area contributed by atoms with Gasteiger partial charge < -0.3 is 4.74 Å². The molecule has 10 heavy (non-hydrogen) atoms. The molecular weight excluding hydrogens is 128 g/mol. The number of carbonyl (C=O) groups is 1. The highest BCUT2D eigenvalue weighted by Gasteiger charge is 2.24. The van der Waals surface area contributed by atoms with E-state index >= 15 is 0 Å². The Kier molecular flexibility index (Phi) is 3.13. The van der Waals surface area contributed by atoms with Gasteiger partial charge in [0.05, 0.1) is 12.5 Å². The van der Waals surface area contributed by atoms with E-state index in [0.717, 1.165) is 0 Å². The van der Waals surface area contributed by atoms with Crippen LogP contribution in [0.15, 0.2) is 12.2 Å². The van der Waals surface area contributed by atoms with Gasteiger partial charge in [0.1, 0.15) is 0 Å².